The van der Waals surface area contributed by atoms with E-state index in [1.54, 1.807) is 0 Å². The van der Waals surface area contributed by atoms with Crippen LogP contribution in [0.25, 0.3) is 0 Å². The van der Waals surface area contributed by atoms with Gasteiger partial charge in [0, 0.05) is 5.02 Å². The monoisotopic (exact) mass is 248 g/mol. The summed E-state index contributed by atoms with van der Waals surface area (Å²) in [6.07, 6.45) is 2.88. The molecule has 1 aromatic carbocycles. The van der Waals surface area contributed by atoms with Gasteiger partial charge >= 0.3 is 0 Å². The summed E-state index contributed by atoms with van der Waals surface area (Å²) in [4.78, 5) is 2.30. The van der Waals surface area contributed by atoms with Gasteiger partial charge in [-0.15, -0.1) is 0 Å². The van der Waals surface area contributed by atoms with Crippen LogP contribution in [0.2, 0.25) is 5.02 Å². The van der Waals surface area contributed by atoms with Crippen molar-refractivity contribution in [1.82, 2.24) is 4.90 Å². The standard InChI is InChI=1S/C14H17ClN2/c1-17-8-3-6-14(11-16,7-9-17)12-4-2-5-13(15)10-12/h2,4-5,10H,3,6-9H2,1H3. The van der Waals surface area contributed by atoms with E-state index < -0.39 is 0 Å². The summed E-state index contributed by atoms with van der Waals surface area (Å²) in [5.74, 6) is 0. The van der Waals surface area contributed by atoms with E-state index in [0.717, 1.165) is 42.9 Å². The minimum Gasteiger partial charge on any atom is -0.306 e. The highest BCUT2D eigenvalue weighted by Crippen LogP contribution is 2.35. The molecule has 1 fully saturated rings. The molecule has 2 rings (SSSR count). The molecule has 0 N–H and O–H groups in total. The first kappa shape index (κ1) is 12.4. The molecular weight excluding hydrogens is 232 g/mol. The molecule has 1 aromatic rings. The highest BCUT2D eigenvalue weighted by atomic mass is 35.5. The van der Waals surface area contributed by atoms with E-state index in [1.807, 2.05) is 24.3 Å². The second-order valence-electron chi connectivity index (χ2n) is 4.86. The average Bonchev–Trinajstić information content (AvgIpc) is 2.52. The van der Waals surface area contributed by atoms with E-state index in [9.17, 15) is 5.26 Å². The van der Waals surface area contributed by atoms with Crippen LogP contribution in [-0.2, 0) is 5.41 Å². The Morgan fingerprint density at radius 2 is 2.18 bits per heavy atom. The lowest BCUT2D eigenvalue weighted by Gasteiger charge is -2.25. The van der Waals surface area contributed by atoms with Crippen LogP contribution in [0, 0.1) is 11.3 Å². The SMILES string of the molecule is CN1CCCC(C#N)(c2cccc(Cl)c2)CC1. The second-order valence-corrected chi connectivity index (χ2v) is 5.30. The summed E-state index contributed by atoms with van der Waals surface area (Å²) >= 11 is 6.03. The Hall–Kier alpha value is -1.04. The zero-order valence-corrected chi connectivity index (χ0v) is 10.9. The first-order chi connectivity index (χ1) is 8.16. The number of likely N-dealkylation sites (tertiary alicyclic amines) is 1. The summed E-state index contributed by atoms with van der Waals surface area (Å²) < 4.78 is 0. The number of rotatable bonds is 1. The Kier molecular flexibility index (Phi) is 3.71. The van der Waals surface area contributed by atoms with Crippen LogP contribution < -0.4 is 0 Å². The van der Waals surface area contributed by atoms with Gasteiger partial charge in [-0.25, -0.2) is 0 Å². The predicted molar refractivity (Wildman–Crippen MR) is 70.1 cm³/mol. The summed E-state index contributed by atoms with van der Waals surface area (Å²) in [6, 6.07) is 10.3. The summed E-state index contributed by atoms with van der Waals surface area (Å²) in [6.45, 7) is 2.05. The number of benzene rings is 1. The Balaban J connectivity index is 2.34. The van der Waals surface area contributed by atoms with E-state index >= 15 is 0 Å². The lowest BCUT2D eigenvalue weighted by molar-refractivity contribution is 0.342. The molecule has 1 heterocycles. The minimum absolute atomic E-state index is 0.352. The van der Waals surface area contributed by atoms with Crippen LogP contribution in [-0.4, -0.2) is 25.0 Å². The zero-order chi connectivity index (χ0) is 12.3. The maximum absolute atomic E-state index is 9.59. The molecule has 2 nitrogen and oxygen atoms in total. The van der Waals surface area contributed by atoms with Gasteiger partial charge in [0.15, 0.2) is 0 Å². The van der Waals surface area contributed by atoms with E-state index in [4.69, 9.17) is 11.6 Å². The van der Waals surface area contributed by atoms with Gasteiger partial charge in [-0.1, -0.05) is 23.7 Å². The van der Waals surface area contributed by atoms with Gasteiger partial charge in [0.2, 0.25) is 0 Å². The van der Waals surface area contributed by atoms with Crippen molar-refractivity contribution in [2.24, 2.45) is 0 Å². The number of nitriles is 1. The predicted octanol–water partition coefficient (Wildman–Crippen LogP) is 3.22. The molecule has 1 saturated heterocycles. The van der Waals surface area contributed by atoms with Crippen molar-refractivity contribution < 1.29 is 0 Å². The van der Waals surface area contributed by atoms with Crippen molar-refractivity contribution in [2.45, 2.75) is 24.7 Å². The topological polar surface area (TPSA) is 27.0 Å². The average molecular weight is 249 g/mol. The fraction of sp³-hybridized carbons (Fsp3) is 0.500. The fourth-order valence-electron chi connectivity index (χ4n) is 2.52. The molecule has 17 heavy (non-hydrogen) atoms. The molecule has 1 aliphatic heterocycles. The van der Waals surface area contributed by atoms with E-state index in [0.29, 0.717) is 0 Å². The molecule has 0 aliphatic carbocycles. The molecular formula is C14H17ClN2. The minimum atomic E-state index is -0.352. The molecule has 90 valence electrons. The maximum Gasteiger partial charge on any atom is 0.0835 e. The van der Waals surface area contributed by atoms with Gasteiger partial charge in [0.1, 0.15) is 0 Å². The van der Waals surface area contributed by atoms with Gasteiger partial charge in [0.25, 0.3) is 0 Å². The van der Waals surface area contributed by atoms with Crippen LogP contribution in [0.5, 0.6) is 0 Å². The zero-order valence-electron chi connectivity index (χ0n) is 10.1. The largest absolute Gasteiger partial charge is 0.306 e. The third-order valence-corrected chi connectivity index (χ3v) is 3.89. The molecule has 0 amide bonds. The molecule has 0 saturated carbocycles. The number of halogens is 1. The quantitative estimate of drug-likeness (QED) is 0.763. The molecule has 1 unspecified atom stereocenters. The Morgan fingerprint density at radius 1 is 1.35 bits per heavy atom. The van der Waals surface area contributed by atoms with Crippen LogP contribution in [0.3, 0.4) is 0 Å². The van der Waals surface area contributed by atoms with Gasteiger partial charge < -0.3 is 4.90 Å². The van der Waals surface area contributed by atoms with Crippen molar-refractivity contribution in [3.05, 3.63) is 34.9 Å². The number of hydrogen-bond acceptors (Lipinski definition) is 2. The number of hydrogen-bond donors (Lipinski definition) is 0. The fourth-order valence-corrected chi connectivity index (χ4v) is 2.71. The van der Waals surface area contributed by atoms with Gasteiger partial charge in [-0.2, -0.15) is 5.26 Å². The van der Waals surface area contributed by atoms with Crippen LogP contribution in [0.15, 0.2) is 24.3 Å². The van der Waals surface area contributed by atoms with E-state index in [-0.39, 0.29) is 5.41 Å². The summed E-state index contributed by atoms with van der Waals surface area (Å²) in [7, 11) is 2.12. The van der Waals surface area contributed by atoms with Crippen LogP contribution in [0.4, 0.5) is 0 Å². The van der Waals surface area contributed by atoms with E-state index in [2.05, 4.69) is 18.0 Å². The lowest BCUT2D eigenvalue weighted by atomic mass is 9.76. The normalized spacial score (nSPS) is 26.2. The highest BCUT2D eigenvalue weighted by molar-refractivity contribution is 6.30. The Morgan fingerprint density at radius 3 is 2.88 bits per heavy atom. The third-order valence-electron chi connectivity index (χ3n) is 3.65. The number of nitrogens with zero attached hydrogens (tertiary/aromatic N) is 2. The van der Waals surface area contributed by atoms with Crippen molar-refractivity contribution in [3.63, 3.8) is 0 Å². The van der Waals surface area contributed by atoms with Gasteiger partial charge in [-0.3, -0.25) is 0 Å². The lowest BCUT2D eigenvalue weighted by Crippen LogP contribution is -2.26. The smallest absolute Gasteiger partial charge is 0.0835 e. The van der Waals surface area contributed by atoms with Crippen molar-refractivity contribution in [1.29, 1.82) is 5.26 Å². The Bertz CT molecular complexity index is 438. The van der Waals surface area contributed by atoms with Crippen LogP contribution in [0.1, 0.15) is 24.8 Å². The Labute approximate surface area is 108 Å². The molecule has 0 radical (unpaired) electrons. The molecule has 0 aromatic heterocycles. The molecule has 1 aliphatic rings. The molecule has 0 spiro atoms. The van der Waals surface area contributed by atoms with Crippen molar-refractivity contribution in [2.75, 3.05) is 20.1 Å². The third kappa shape index (κ3) is 2.62. The van der Waals surface area contributed by atoms with E-state index in [1.165, 1.54) is 0 Å². The van der Waals surface area contributed by atoms with Crippen molar-refractivity contribution >= 4 is 11.6 Å². The summed E-state index contributed by atoms with van der Waals surface area (Å²) in [5.41, 5.74) is 0.721. The first-order valence-electron chi connectivity index (χ1n) is 6.02. The van der Waals surface area contributed by atoms with Gasteiger partial charge in [-0.05, 0) is 57.1 Å². The molecule has 3 heteroatoms. The molecule has 1 atom stereocenters. The maximum atomic E-state index is 9.59. The first-order valence-corrected chi connectivity index (χ1v) is 6.40. The van der Waals surface area contributed by atoms with Gasteiger partial charge in [0.05, 0.1) is 11.5 Å². The van der Waals surface area contributed by atoms with Crippen LogP contribution >= 0.6 is 11.6 Å². The second kappa shape index (κ2) is 5.08. The summed E-state index contributed by atoms with van der Waals surface area (Å²) in [5, 5.41) is 10.3. The van der Waals surface area contributed by atoms with Crippen molar-refractivity contribution in [3.8, 4) is 6.07 Å². The molecule has 0 bridgehead atoms. The highest BCUT2D eigenvalue weighted by Gasteiger charge is 2.33.